The molecule has 0 heterocycles. The Kier molecular flexibility index (Phi) is 26.5. The number of carbonyl (C=O) groups excluding carboxylic acids is 1. The Hall–Kier alpha value is 0.320. The quantitative estimate of drug-likeness (QED) is 0.558. The average molecular weight is 194 g/mol. The molecule has 0 amide bonds. The van der Waals surface area contributed by atoms with Crippen LogP contribution < -0.4 is 0 Å². The fourth-order valence-corrected chi connectivity index (χ4v) is 0.283. The number of carboxylic acids is 1. The van der Waals surface area contributed by atoms with Crippen LogP contribution in [0.1, 0.15) is 22.6 Å². The number of ketones is 1. The van der Waals surface area contributed by atoms with E-state index < -0.39 is 5.97 Å². The minimum atomic E-state index is -0.916. The van der Waals surface area contributed by atoms with Crippen LogP contribution in [0.4, 0.5) is 0 Å². The SMILES string of the molecule is CC(=O)CCC(=O)O.O.O.[Ca+2].[H-].[H-]. The fraction of sp³-hybridized carbons (Fsp3) is 0.600. The molecule has 11 heavy (non-hydrogen) atoms. The molecular formula is C5H14CaO5. The van der Waals surface area contributed by atoms with Gasteiger partial charge in [-0.3, -0.25) is 4.79 Å². The van der Waals surface area contributed by atoms with Crippen molar-refractivity contribution in [2.45, 2.75) is 19.8 Å². The first-order valence-corrected chi connectivity index (χ1v) is 2.34. The van der Waals surface area contributed by atoms with Gasteiger partial charge in [-0.25, -0.2) is 0 Å². The summed E-state index contributed by atoms with van der Waals surface area (Å²) >= 11 is 0. The molecule has 0 aliphatic carbocycles. The van der Waals surface area contributed by atoms with E-state index in [1.54, 1.807) is 0 Å². The third kappa shape index (κ3) is 25.2. The molecular weight excluding hydrogens is 180 g/mol. The van der Waals surface area contributed by atoms with Crippen molar-refractivity contribution in [2.75, 3.05) is 0 Å². The summed E-state index contributed by atoms with van der Waals surface area (Å²) in [5.74, 6) is -0.993. The minimum Gasteiger partial charge on any atom is -1.00 e. The van der Waals surface area contributed by atoms with Crippen LogP contribution in [0.3, 0.4) is 0 Å². The fourth-order valence-electron chi connectivity index (χ4n) is 0.283. The predicted molar refractivity (Wildman–Crippen MR) is 42.8 cm³/mol. The van der Waals surface area contributed by atoms with Gasteiger partial charge < -0.3 is 23.7 Å². The van der Waals surface area contributed by atoms with E-state index in [4.69, 9.17) is 5.11 Å². The Labute approximate surface area is 97.4 Å². The number of aliphatic carboxylic acids is 1. The molecule has 0 fully saturated rings. The molecule has 0 rings (SSSR count). The van der Waals surface area contributed by atoms with Gasteiger partial charge in [0.05, 0.1) is 6.42 Å². The van der Waals surface area contributed by atoms with E-state index in [1.165, 1.54) is 6.92 Å². The molecule has 0 bridgehead atoms. The maximum Gasteiger partial charge on any atom is 2.00 e. The second-order valence-electron chi connectivity index (χ2n) is 1.60. The Morgan fingerprint density at radius 3 is 1.73 bits per heavy atom. The van der Waals surface area contributed by atoms with Crippen LogP contribution in [0, 0.1) is 0 Å². The van der Waals surface area contributed by atoms with Gasteiger partial charge in [0.2, 0.25) is 0 Å². The summed E-state index contributed by atoms with van der Waals surface area (Å²) in [5, 5.41) is 8.01. The third-order valence-corrected chi connectivity index (χ3v) is 0.691. The van der Waals surface area contributed by atoms with Crippen molar-refractivity contribution in [3.05, 3.63) is 0 Å². The first-order chi connectivity index (χ1) is 3.63. The molecule has 0 spiro atoms. The predicted octanol–water partition coefficient (Wildman–Crippen LogP) is -1.37. The molecule has 0 radical (unpaired) electrons. The molecule has 0 aromatic rings. The number of rotatable bonds is 3. The summed E-state index contributed by atoms with van der Waals surface area (Å²) in [6.07, 6.45) is 0.102. The van der Waals surface area contributed by atoms with E-state index in [0.717, 1.165) is 0 Å². The maximum absolute atomic E-state index is 10.1. The van der Waals surface area contributed by atoms with Gasteiger partial charge in [0.15, 0.2) is 0 Å². The van der Waals surface area contributed by atoms with Gasteiger partial charge in [0, 0.05) is 6.42 Å². The van der Waals surface area contributed by atoms with E-state index in [0.29, 0.717) is 0 Å². The van der Waals surface area contributed by atoms with Crippen LogP contribution in [-0.2, 0) is 9.59 Å². The normalized spacial score (nSPS) is 6.27. The average Bonchev–Trinajstić information content (AvgIpc) is 1.61. The number of hydrogen-bond acceptors (Lipinski definition) is 2. The largest absolute Gasteiger partial charge is 2.00 e. The molecule has 0 unspecified atom stereocenters. The maximum atomic E-state index is 10.1. The molecule has 0 saturated carbocycles. The summed E-state index contributed by atoms with van der Waals surface area (Å²) in [5.41, 5.74) is 0. The first-order valence-electron chi connectivity index (χ1n) is 2.34. The number of hydrogen-bond donors (Lipinski definition) is 1. The number of carboxylic acid groups (broad SMARTS) is 1. The first kappa shape index (κ1) is 22.5. The molecule has 0 aliphatic rings. The van der Waals surface area contributed by atoms with E-state index in [9.17, 15) is 9.59 Å². The Bertz CT molecular complexity index is 107. The summed E-state index contributed by atoms with van der Waals surface area (Å²) in [6, 6.07) is 0. The van der Waals surface area contributed by atoms with Crippen LogP contribution in [0.5, 0.6) is 0 Å². The zero-order chi connectivity index (χ0) is 6.57. The molecule has 0 aliphatic heterocycles. The Morgan fingerprint density at radius 2 is 1.64 bits per heavy atom. The van der Waals surface area contributed by atoms with Crippen LogP contribution >= 0.6 is 0 Å². The Balaban J connectivity index is -0.0000000245. The van der Waals surface area contributed by atoms with Crippen molar-refractivity contribution in [2.24, 2.45) is 0 Å². The van der Waals surface area contributed by atoms with Crippen molar-refractivity contribution in [3.63, 3.8) is 0 Å². The summed E-state index contributed by atoms with van der Waals surface area (Å²) < 4.78 is 0. The van der Waals surface area contributed by atoms with Crippen molar-refractivity contribution in [1.29, 1.82) is 0 Å². The molecule has 5 N–H and O–H groups in total. The van der Waals surface area contributed by atoms with E-state index in [1.807, 2.05) is 0 Å². The Morgan fingerprint density at radius 1 is 1.27 bits per heavy atom. The van der Waals surface area contributed by atoms with Gasteiger partial charge >= 0.3 is 43.7 Å². The molecule has 66 valence electrons. The summed E-state index contributed by atoms with van der Waals surface area (Å²) in [6.45, 7) is 1.38. The third-order valence-electron chi connectivity index (χ3n) is 0.691. The van der Waals surface area contributed by atoms with Gasteiger partial charge in [-0.2, -0.15) is 0 Å². The molecule has 0 aromatic heterocycles. The van der Waals surface area contributed by atoms with Crippen LogP contribution in [0.2, 0.25) is 0 Å². The van der Waals surface area contributed by atoms with E-state index in [-0.39, 0.29) is 70.2 Å². The molecule has 0 aromatic carbocycles. The second kappa shape index (κ2) is 12.9. The van der Waals surface area contributed by atoms with Gasteiger partial charge in [-0.05, 0) is 6.92 Å². The van der Waals surface area contributed by atoms with Crippen molar-refractivity contribution < 1.29 is 28.5 Å². The minimum absolute atomic E-state index is 0. The van der Waals surface area contributed by atoms with Crippen molar-refractivity contribution in [1.82, 2.24) is 0 Å². The van der Waals surface area contributed by atoms with Gasteiger partial charge in [0.1, 0.15) is 5.78 Å². The molecule has 5 nitrogen and oxygen atoms in total. The van der Waals surface area contributed by atoms with Gasteiger partial charge in [-0.1, -0.05) is 0 Å². The van der Waals surface area contributed by atoms with Crippen LogP contribution in [-0.4, -0.2) is 65.5 Å². The molecule has 0 saturated heterocycles. The van der Waals surface area contributed by atoms with Gasteiger partial charge in [-0.15, -0.1) is 0 Å². The monoisotopic (exact) mass is 194 g/mol. The standard InChI is InChI=1S/C5H8O3.Ca.2H2O.2H/c1-4(6)2-3-5(7)8;;;;;/h2-3H2,1H3,(H,7,8);;2*1H2;;/q;+2;;;2*-1. The zero-order valence-electron chi connectivity index (χ0n) is 8.39. The van der Waals surface area contributed by atoms with E-state index in [2.05, 4.69) is 0 Å². The van der Waals surface area contributed by atoms with Gasteiger partial charge in [0.25, 0.3) is 0 Å². The smallest absolute Gasteiger partial charge is 1.00 e. The second-order valence-corrected chi connectivity index (χ2v) is 1.60. The van der Waals surface area contributed by atoms with Crippen molar-refractivity contribution in [3.8, 4) is 0 Å². The molecule has 0 atom stereocenters. The summed E-state index contributed by atoms with van der Waals surface area (Å²) in [4.78, 5) is 19.8. The summed E-state index contributed by atoms with van der Waals surface area (Å²) in [7, 11) is 0. The van der Waals surface area contributed by atoms with Crippen molar-refractivity contribution >= 4 is 49.5 Å². The van der Waals surface area contributed by atoms with Crippen LogP contribution in [0.25, 0.3) is 0 Å². The number of carbonyl (C=O) groups is 2. The number of Topliss-reactive ketones (excluding diaryl/α,β-unsaturated/α-hetero) is 1. The molecule has 6 heteroatoms. The zero-order valence-corrected chi connectivity index (χ0v) is 8.59. The van der Waals surface area contributed by atoms with Crippen LogP contribution in [0.15, 0.2) is 0 Å². The topological polar surface area (TPSA) is 117 Å². The van der Waals surface area contributed by atoms with E-state index >= 15 is 0 Å².